The minimum absolute atomic E-state index is 0.0914. The van der Waals surface area contributed by atoms with Gasteiger partial charge in [-0.05, 0) is 31.1 Å². The summed E-state index contributed by atoms with van der Waals surface area (Å²) in [5, 5.41) is 7.88. The highest BCUT2D eigenvalue weighted by Crippen LogP contribution is 2.26. The Bertz CT molecular complexity index is 1030. The van der Waals surface area contributed by atoms with Crippen LogP contribution >= 0.6 is 0 Å². The second-order valence-electron chi connectivity index (χ2n) is 6.96. The molecule has 0 unspecified atom stereocenters. The summed E-state index contributed by atoms with van der Waals surface area (Å²) in [6.07, 6.45) is 3.69. The Labute approximate surface area is 179 Å². The molecule has 0 bridgehead atoms. The summed E-state index contributed by atoms with van der Waals surface area (Å²) in [4.78, 5) is 27.2. The maximum absolute atomic E-state index is 13.8. The van der Waals surface area contributed by atoms with Crippen molar-refractivity contribution < 1.29 is 13.6 Å². The van der Waals surface area contributed by atoms with Crippen molar-refractivity contribution >= 4 is 30.0 Å². The van der Waals surface area contributed by atoms with E-state index in [1.165, 1.54) is 24.0 Å². The second kappa shape index (κ2) is 9.41. The molecule has 0 fully saturated rings. The third-order valence-corrected chi connectivity index (χ3v) is 5.00. The molecular formula is C21H23F2N7O. The first-order chi connectivity index (χ1) is 14.8. The fraction of sp³-hybridized carbons (Fsp3) is 0.286. The fourth-order valence-corrected chi connectivity index (χ4v) is 3.32. The molecule has 1 amide bonds. The van der Waals surface area contributed by atoms with Crippen molar-refractivity contribution in [2.45, 2.75) is 13.3 Å². The lowest BCUT2D eigenvalue weighted by atomic mass is 9.99. The smallest absolute Gasteiger partial charge is 0.262 e. The first kappa shape index (κ1) is 22.0. The first-order valence-electron chi connectivity index (χ1n) is 9.54. The Hall–Kier alpha value is -3.69. The van der Waals surface area contributed by atoms with Crippen LogP contribution in [0.4, 0.5) is 14.6 Å². The number of aromatic nitrogens is 2. The molecule has 2 heterocycles. The number of aliphatic imine (C=N–C) groups is 1. The van der Waals surface area contributed by atoms with Crippen LogP contribution in [0.25, 0.3) is 5.57 Å². The largest absolute Gasteiger partial charge is 0.337 e. The Morgan fingerprint density at radius 2 is 1.97 bits per heavy atom. The van der Waals surface area contributed by atoms with Crippen molar-refractivity contribution in [2.75, 3.05) is 32.5 Å². The molecule has 0 atom stereocenters. The van der Waals surface area contributed by atoms with E-state index in [4.69, 9.17) is 0 Å². The van der Waals surface area contributed by atoms with E-state index in [9.17, 15) is 13.6 Å². The lowest BCUT2D eigenvalue weighted by molar-refractivity contribution is 0.101. The molecule has 2 aromatic rings. The summed E-state index contributed by atoms with van der Waals surface area (Å²) in [6.45, 7) is 6.90. The number of hydrogen-bond acceptors (Lipinski definition) is 5. The molecule has 1 aliphatic rings. The summed E-state index contributed by atoms with van der Waals surface area (Å²) in [5.41, 5.74) is 2.12. The van der Waals surface area contributed by atoms with Gasteiger partial charge in [0.1, 0.15) is 17.2 Å². The van der Waals surface area contributed by atoms with Crippen LogP contribution < -0.4 is 5.32 Å². The lowest BCUT2D eigenvalue weighted by Gasteiger charge is -2.34. The molecule has 162 valence electrons. The first-order valence-corrected chi connectivity index (χ1v) is 9.54. The molecule has 0 radical (unpaired) electrons. The second-order valence-corrected chi connectivity index (χ2v) is 6.96. The van der Waals surface area contributed by atoms with Gasteiger partial charge in [-0.25, -0.2) is 18.8 Å². The van der Waals surface area contributed by atoms with Crippen molar-refractivity contribution in [3.63, 3.8) is 0 Å². The topological polar surface area (TPSA) is 86.1 Å². The molecule has 0 spiro atoms. The third kappa shape index (κ3) is 4.73. The zero-order chi connectivity index (χ0) is 22.5. The SMILES string of the molecule is C=NN(C)/C(=N\C)N1CCC(C)=C(c2cnc(NC(=O)c3c(F)cccc3F)cn2)C1. The quantitative estimate of drug-likeness (QED) is 0.461. The van der Waals surface area contributed by atoms with Crippen molar-refractivity contribution in [2.24, 2.45) is 10.1 Å². The van der Waals surface area contributed by atoms with Gasteiger partial charge in [0.25, 0.3) is 5.91 Å². The molecule has 1 aromatic heterocycles. The van der Waals surface area contributed by atoms with E-state index in [-0.39, 0.29) is 5.82 Å². The van der Waals surface area contributed by atoms with Crippen LogP contribution in [-0.2, 0) is 0 Å². The minimum Gasteiger partial charge on any atom is -0.337 e. The van der Waals surface area contributed by atoms with Gasteiger partial charge >= 0.3 is 0 Å². The Morgan fingerprint density at radius 3 is 2.55 bits per heavy atom. The fourth-order valence-electron chi connectivity index (χ4n) is 3.32. The van der Waals surface area contributed by atoms with Crippen LogP contribution in [0.3, 0.4) is 0 Å². The number of anilines is 1. The average Bonchev–Trinajstić information content (AvgIpc) is 2.75. The molecule has 1 aliphatic heterocycles. The zero-order valence-electron chi connectivity index (χ0n) is 17.6. The predicted octanol–water partition coefficient (Wildman–Crippen LogP) is 3.02. The Balaban J connectivity index is 1.77. The van der Waals surface area contributed by atoms with Crippen LogP contribution in [-0.4, -0.2) is 65.6 Å². The summed E-state index contributed by atoms with van der Waals surface area (Å²) in [7, 11) is 3.47. The Morgan fingerprint density at radius 1 is 1.26 bits per heavy atom. The van der Waals surface area contributed by atoms with E-state index >= 15 is 0 Å². The molecule has 0 aliphatic carbocycles. The number of halogens is 2. The number of hydrogen-bond donors (Lipinski definition) is 1. The van der Waals surface area contributed by atoms with Gasteiger partial charge in [0, 0.05) is 33.9 Å². The standard InChI is InChI=1S/C21H23F2N7O/c1-13-8-9-30(21(24-2)29(4)25-3)12-14(13)17-10-27-18(11-26-17)28-20(31)19-15(22)6-5-7-16(19)23/h5-7,10-11H,3,8-9,12H2,1-2,4H3,(H,27,28,31)/b24-21+. The van der Waals surface area contributed by atoms with E-state index in [1.807, 2.05) is 6.92 Å². The van der Waals surface area contributed by atoms with E-state index in [1.54, 1.807) is 19.1 Å². The molecule has 3 rings (SSSR count). The van der Waals surface area contributed by atoms with Crippen LogP contribution in [0.15, 0.2) is 46.3 Å². The molecule has 8 nitrogen and oxygen atoms in total. The van der Waals surface area contributed by atoms with Crippen LogP contribution in [0, 0.1) is 11.6 Å². The molecule has 1 aromatic carbocycles. The van der Waals surface area contributed by atoms with Crippen molar-refractivity contribution in [1.82, 2.24) is 19.9 Å². The number of carbonyl (C=O) groups excluding carboxylic acids is 1. The number of hydrazone groups is 1. The average molecular weight is 427 g/mol. The van der Waals surface area contributed by atoms with Gasteiger partial charge in [0.2, 0.25) is 5.96 Å². The molecule has 10 heteroatoms. The third-order valence-electron chi connectivity index (χ3n) is 5.00. The maximum Gasteiger partial charge on any atom is 0.262 e. The normalized spacial score (nSPS) is 14.5. The van der Waals surface area contributed by atoms with Gasteiger partial charge < -0.3 is 10.2 Å². The zero-order valence-corrected chi connectivity index (χ0v) is 17.6. The van der Waals surface area contributed by atoms with Crippen molar-refractivity contribution in [3.05, 3.63) is 59.1 Å². The molecule has 0 saturated carbocycles. The van der Waals surface area contributed by atoms with Gasteiger partial charge in [0.05, 0.1) is 18.1 Å². The van der Waals surface area contributed by atoms with E-state index in [0.717, 1.165) is 30.7 Å². The molecule has 0 saturated heterocycles. The van der Waals surface area contributed by atoms with Crippen molar-refractivity contribution in [1.29, 1.82) is 0 Å². The number of guanidine groups is 1. The lowest BCUT2D eigenvalue weighted by Crippen LogP contribution is -2.43. The monoisotopic (exact) mass is 427 g/mol. The van der Waals surface area contributed by atoms with E-state index < -0.39 is 23.1 Å². The Kier molecular flexibility index (Phi) is 6.68. The number of rotatable bonds is 4. The van der Waals surface area contributed by atoms with E-state index in [0.29, 0.717) is 18.2 Å². The van der Waals surface area contributed by atoms with Gasteiger partial charge in [-0.1, -0.05) is 11.6 Å². The summed E-state index contributed by atoms with van der Waals surface area (Å²) < 4.78 is 27.6. The van der Waals surface area contributed by atoms with Gasteiger partial charge in [0.15, 0.2) is 5.82 Å². The maximum atomic E-state index is 13.8. The predicted molar refractivity (Wildman–Crippen MR) is 116 cm³/mol. The summed E-state index contributed by atoms with van der Waals surface area (Å²) in [6, 6.07) is 3.23. The number of carbonyl (C=O) groups is 1. The number of nitrogens with zero attached hydrogens (tertiary/aromatic N) is 6. The number of nitrogens with one attached hydrogen (secondary N) is 1. The highest BCUT2D eigenvalue weighted by Gasteiger charge is 2.24. The van der Waals surface area contributed by atoms with Gasteiger partial charge in [-0.15, -0.1) is 0 Å². The molecule has 1 N–H and O–H groups in total. The highest BCUT2D eigenvalue weighted by molar-refractivity contribution is 6.04. The van der Waals surface area contributed by atoms with Crippen LogP contribution in [0.1, 0.15) is 29.4 Å². The molecular weight excluding hydrogens is 404 g/mol. The van der Waals surface area contributed by atoms with Gasteiger partial charge in [-0.3, -0.25) is 14.8 Å². The van der Waals surface area contributed by atoms with Crippen LogP contribution in [0.2, 0.25) is 0 Å². The number of benzene rings is 1. The van der Waals surface area contributed by atoms with E-state index in [2.05, 4.69) is 37.0 Å². The minimum atomic E-state index is -0.947. The number of amides is 1. The van der Waals surface area contributed by atoms with Crippen molar-refractivity contribution in [3.8, 4) is 0 Å². The molecule has 31 heavy (non-hydrogen) atoms. The van der Waals surface area contributed by atoms with Gasteiger partial charge in [-0.2, -0.15) is 5.10 Å². The van der Waals surface area contributed by atoms with Crippen LogP contribution in [0.5, 0.6) is 0 Å². The summed E-state index contributed by atoms with van der Waals surface area (Å²) >= 11 is 0. The highest BCUT2D eigenvalue weighted by atomic mass is 19.1. The summed E-state index contributed by atoms with van der Waals surface area (Å²) in [5.74, 6) is -2.05.